The molecule has 1 heterocycles. The standard InChI is InChI=1S/C9H10N4O5S/c10-12-11-2-1-7(15)8(16)6-3-5(4-14)19-9(6)13(17)18/h3-4,7-8,15-16H,1-2H2. The zero-order valence-electron chi connectivity index (χ0n) is 9.54. The molecule has 0 saturated carbocycles. The highest BCUT2D eigenvalue weighted by Crippen LogP contribution is 2.35. The Morgan fingerprint density at radius 2 is 2.32 bits per heavy atom. The van der Waals surface area contributed by atoms with Crippen molar-refractivity contribution in [1.82, 2.24) is 0 Å². The van der Waals surface area contributed by atoms with Crippen molar-refractivity contribution in [1.29, 1.82) is 0 Å². The van der Waals surface area contributed by atoms with Gasteiger partial charge in [-0.1, -0.05) is 16.5 Å². The van der Waals surface area contributed by atoms with Crippen molar-refractivity contribution in [2.75, 3.05) is 6.54 Å². The molecule has 0 aliphatic rings. The number of thiophene rings is 1. The van der Waals surface area contributed by atoms with Crippen LogP contribution in [-0.2, 0) is 0 Å². The van der Waals surface area contributed by atoms with E-state index in [-0.39, 0.29) is 23.4 Å². The fourth-order valence-corrected chi connectivity index (χ4v) is 2.26. The van der Waals surface area contributed by atoms with E-state index in [1.54, 1.807) is 0 Å². The minimum atomic E-state index is -1.51. The Labute approximate surface area is 110 Å². The second kappa shape index (κ2) is 6.81. The highest BCUT2D eigenvalue weighted by Gasteiger charge is 2.29. The molecule has 1 aromatic heterocycles. The molecule has 0 bridgehead atoms. The van der Waals surface area contributed by atoms with E-state index in [4.69, 9.17) is 5.53 Å². The normalized spacial score (nSPS) is 13.4. The first-order valence-corrected chi connectivity index (χ1v) is 5.93. The van der Waals surface area contributed by atoms with Crippen molar-refractivity contribution >= 4 is 22.6 Å². The molecular formula is C9H10N4O5S. The van der Waals surface area contributed by atoms with Crippen LogP contribution in [0.15, 0.2) is 11.2 Å². The monoisotopic (exact) mass is 286 g/mol. The summed E-state index contributed by atoms with van der Waals surface area (Å²) in [5.41, 5.74) is 7.95. The first kappa shape index (κ1) is 15.1. The van der Waals surface area contributed by atoms with Crippen LogP contribution < -0.4 is 0 Å². The van der Waals surface area contributed by atoms with Crippen molar-refractivity contribution in [3.8, 4) is 0 Å². The van der Waals surface area contributed by atoms with E-state index in [0.29, 0.717) is 17.6 Å². The van der Waals surface area contributed by atoms with Crippen LogP contribution >= 0.6 is 11.3 Å². The number of azide groups is 1. The smallest absolute Gasteiger partial charge is 0.330 e. The van der Waals surface area contributed by atoms with E-state index in [2.05, 4.69) is 10.0 Å². The number of carbonyl (C=O) groups excluding carboxylic acids is 1. The highest BCUT2D eigenvalue weighted by atomic mass is 32.1. The van der Waals surface area contributed by atoms with Crippen LogP contribution in [0, 0.1) is 10.1 Å². The number of nitro groups is 1. The van der Waals surface area contributed by atoms with Crippen molar-refractivity contribution in [2.45, 2.75) is 18.6 Å². The average Bonchev–Trinajstić information content (AvgIpc) is 2.82. The molecule has 2 unspecified atom stereocenters. The van der Waals surface area contributed by atoms with Crippen LogP contribution in [0.1, 0.15) is 27.8 Å². The predicted molar refractivity (Wildman–Crippen MR) is 66.0 cm³/mol. The molecular weight excluding hydrogens is 276 g/mol. The number of aliphatic hydroxyl groups excluding tert-OH is 2. The van der Waals surface area contributed by atoms with Crippen LogP contribution in [0.25, 0.3) is 10.4 Å². The molecule has 0 aromatic carbocycles. The number of rotatable bonds is 7. The van der Waals surface area contributed by atoms with E-state index in [9.17, 15) is 25.1 Å². The van der Waals surface area contributed by atoms with Gasteiger partial charge in [-0.25, -0.2) is 0 Å². The summed E-state index contributed by atoms with van der Waals surface area (Å²) in [6.45, 7) is -0.0484. The largest absolute Gasteiger partial charge is 0.390 e. The van der Waals surface area contributed by atoms with Gasteiger partial charge < -0.3 is 10.2 Å². The minimum Gasteiger partial charge on any atom is -0.390 e. The third kappa shape index (κ3) is 3.73. The molecule has 0 spiro atoms. The summed E-state index contributed by atoms with van der Waals surface area (Å²) in [6.07, 6.45) is -2.45. The quantitative estimate of drug-likeness (QED) is 0.195. The molecule has 0 aliphatic heterocycles. The van der Waals surface area contributed by atoms with E-state index in [0.717, 1.165) is 6.07 Å². The predicted octanol–water partition coefficient (Wildman–Crippen LogP) is 1.56. The first-order valence-electron chi connectivity index (χ1n) is 5.11. The topological polar surface area (TPSA) is 149 Å². The van der Waals surface area contributed by atoms with Crippen LogP contribution in [-0.4, -0.2) is 34.1 Å². The average molecular weight is 286 g/mol. The van der Waals surface area contributed by atoms with Crippen LogP contribution in [0.2, 0.25) is 0 Å². The number of carbonyl (C=O) groups is 1. The summed E-state index contributed by atoms with van der Waals surface area (Å²) in [7, 11) is 0. The molecule has 102 valence electrons. The van der Waals surface area contributed by atoms with Gasteiger partial charge >= 0.3 is 5.00 Å². The first-order chi connectivity index (χ1) is 9.01. The van der Waals surface area contributed by atoms with E-state index in [1.807, 2.05) is 0 Å². The van der Waals surface area contributed by atoms with Gasteiger partial charge in [0.25, 0.3) is 0 Å². The molecule has 0 fully saturated rings. The molecule has 1 aromatic rings. The van der Waals surface area contributed by atoms with Gasteiger partial charge in [0, 0.05) is 11.5 Å². The lowest BCUT2D eigenvalue weighted by molar-refractivity contribution is -0.381. The zero-order valence-corrected chi connectivity index (χ0v) is 10.4. The molecule has 9 nitrogen and oxygen atoms in total. The molecule has 2 atom stereocenters. The van der Waals surface area contributed by atoms with Gasteiger partial charge in [0.2, 0.25) is 0 Å². The number of aldehydes is 1. The molecule has 2 N–H and O–H groups in total. The fourth-order valence-electron chi connectivity index (χ4n) is 1.43. The van der Waals surface area contributed by atoms with Crippen LogP contribution in [0.3, 0.4) is 0 Å². The van der Waals surface area contributed by atoms with Crippen molar-refractivity contribution in [2.24, 2.45) is 5.11 Å². The van der Waals surface area contributed by atoms with Gasteiger partial charge in [0.05, 0.1) is 21.5 Å². The summed E-state index contributed by atoms with van der Waals surface area (Å²) in [6, 6.07) is 1.16. The summed E-state index contributed by atoms with van der Waals surface area (Å²) < 4.78 is 0. The third-order valence-corrected chi connectivity index (χ3v) is 3.34. The zero-order chi connectivity index (χ0) is 14.4. The Morgan fingerprint density at radius 3 is 2.84 bits per heavy atom. The highest BCUT2D eigenvalue weighted by molar-refractivity contribution is 7.17. The van der Waals surface area contributed by atoms with E-state index >= 15 is 0 Å². The van der Waals surface area contributed by atoms with Crippen molar-refractivity contribution < 1.29 is 19.9 Å². The maximum atomic E-state index is 10.8. The Morgan fingerprint density at radius 1 is 1.63 bits per heavy atom. The minimum absolute atomic E-state index is 0.0470. The number of hydrogen-bond donors (Lipinski definition) is 2. The van der Waals surface area contributed by atoms with Gasteiger partial charge in [0.1, 0.15) is 6.10 Å². The van der Waals surface area contributed by atoms with Gasteiger partial charge in [0.15, 0.2) is 6.29 Å². The van der Waals surface area contributed by atoms with Gasteiger partial charge in [-0.05, 0) is 18.0 Å². The molecule has 10 heteroatoms. The lowest BCUT2D eigenvalue weighted by atomic mass is 10.0. The summed E-state index contributed by atoms with van der Waals surface area (Å²) in [4.78, 5) is 23.2. The molecule has 19 heavy (non-hydrogen) atoms. The summed E-state index contributed by atoms with van der Waals surface area (Å²) in [5, 5.41) is 33.1. The maximum Gasteiger partial charge on any atom is 0.330 e. The Hall–Kier alpha value is -2.00. The SMILES string of the molecule is [N-]=[N+]=NCCC(O)C(O)c1cc(C=O)sc1[N+](=O)[O-]. The lowest BCUT2D eigenvalue weighted by Crippen LogP contribution is -2.19. The Kier molecular flexibility index (Phi) is 5.39. The molecule has 0 radical (unpaired) electrons. The van der Waals surface area contributed by atoms with Crippen molar-refractivity contribution in [3.05, 3.63) is 37.1 Å². The van der Waals surface area contributed by atoms with E-state index in [1.165, 1.54) is 0 Å². The molecule has 0 saturated heterocycles. The van der Waals surface area contributed by atoms with Crippen LogP contribution in [0.4, 0.5) is 5.00 Å². The molecule has 0 aliphatic carbocycles. The Bertz CT molecular complexity index is 525. The third-order valence-electron chi connectivity index (χ3n) is 2.31. The van der Waals surface area contributed by atoms with Gasteiger partial charge in [-0.15, -0.1) is 0 Å². The van der Waals surface area contributed by atoms with Gasteiger partial charge in [-0.3, -0.25) is 14.9 Å². The fraction of sp³-hybridized carbons (Fsp3) is 0.444. The Balaban J connectivity index is 2.93. The van der Waals surface area contributed by atoms with E-state index < -0.39 is 22.1 Å². The summed E-state index contributed by atoms with van der Waals surface area (Å²) in [5.74, 6) is 0. The number of hydrogen-bond acceptors (Lipinski definition) is 7. The molecule has 1 rings (SSSR count). The van der Waals surface area contributed by atoms with Crippen molar-refractivity contribution in [3.63, 3.8) is 0 Å². The number of nitrogens with zero attached hydrogens (tertiary/aromatic N) is 4. The number of aliphatic hydroxyl groups is 2. The second-order valence-electron chi connectivity index (χ2n) is 3.54. The summed E-state index contributed by atoms with van der Waals surface area (Å²) >= 11 is 0.621. The lowest BCUT2D eigenvalue weighted by Gasteiger charge is -2.15. The van der Waals surface area contributed by atoms with Crippen LogP contribution in [0.5, 0.6) is 0 Å². The molecule has 0 amide bonds. The van der Waals surface area contributed by atoms with Gasteiger partial charge in [-0.2, -0.15) is 0 Å². The second-order valence-corrected chi connectivity index (χ2v) is 4.60. The maximum absolute atomic E-state index is 10.8.